The van der Waals surface area contributed by atoms with Crippen molar-refractivity contribution in [1.29, 1.82) is 0 Å². The number of rotatable bonds is 5. The molecule has 2 aromatic rings. The third-order valence-electron chi connectivity index (χ3n) is 3.96. The zero-order chi connectivity index (χ0) is 15.5. The minimum absolute atomic E-state index is 0.0229. The van der Waals surface area contributed by atoms with Gasteiger partial charge in [0.15, 0.2) is 0 Å². The van der Waals surface area contributed by atoms with Gasteiger partial charge < -0.3 is 10.1 Å². The first-order chi connectivity index (χ1) is 10.7. The highest BCUT2D eigenvalue weighted by molar-refractivity contribution is 6.30. The maximum Gasteiger partial charge on any atom is 0.255 e. The molecule has 3 nitrogen and oxygen atoms in total. The predicted octanol–water partition coefficient (Wildman–Crippen LogP) is 4.23. The zero-order valence-corrected chi connectivity index (χ0v) is 13.1. The number of nitrogens with one attached hydrogen (secondary N) is 1. The van der Waals surface area contributed by atoms with Gasteiger partial charge in [0.2, 0.25) is 0 Å². The van der Waals surface area contributed by atoms with E-state index in [-0.39, 0.29) is 11.9 Å². The second kappa shape index (κ2) is 6.41. The normalized spacial score (nSPS) is 15.2. The van der Waals surface area contributed by atoms with Crippen LogP contribution in [0.1, 0.15) is 34.8 Å². The fourth-order valence-corrected chi connectivity index (χ4v) is 2.75. The Balaban J connectivity index is 1.82. The molecule has 2 aromatic carbocycles. The Morgan fingerprint density at radius 1 is 1.18 bits per heavy atom. The lowest BCUT2D eigenvalue weighted by Crippen LogP contribution is -2.30. The summed E-state index contributed by atoms with van der Waals surface area (Å²) in [6.07, 6.45) is 2.28. The van der Waals surface area contributed by atoms with E-state index in [1.54, 1.807) is 19.2 Å². The van der Waals surface area contributed by atoms with Crippen LogP contribution < -0.4 is 10.1 Å². The summed E-state index contributed by atoms with van der Waals surface area (Å²) in [5.41, 5.74) is 1.65. The van der Waals surface area contributed by atoms with Gasteiger partial charge in [-0.3, -0.25) is 4.79 Å². The molecule has 3 rings (SSSR count). The molecular weight excluding hydrogens is 298 g/mol. The highest BCUT2D eigenvalue weighted by Crippen LogP contribution is 2.41. The molecule has 1 N–H and O–H groups in total. The summed E-state index contributed by atoms with van der Waals surface area (Å²) in [6.45, 7) is 0. The standard InChI is InChI=1S/C18H18ClNO2/c1-22-16-5-3-2-4-15(16)18(21)20-17(12-6-7-12)13-8-10-14(19)11-9-13/h2-5,8-12,17H,6-7H2,1H3,(H,20,21)/t17-/m0/s1. The van der Waals surface area contributed by atoms with Gasteiger partial charge in [0.05, 0.1) is 18.7 Å². The predicted molar refractivity (Wildman–Crippen MR) is 87.4 cm³/mol. The Bertz CT molecular complexity index is 665. The number of carbonyl (C=O) groups is 1. The molecule has 0 aliphatic heterocycles. The molecule has 1 saturated carbocycles. The van der Waals surface area contributed by atoms with E-state index in [0.29, 0.717) is 22.3 Å². The number of amides is 1. The number of hydrogen-bond acceptors (Lipinski definition) is 2. The molecule has 4 heteroatoms. The Morgan fingerprint density at radius 2 is 1.86 bits per heavy atom. The number of methoxy groups -OCH3 is 1. The molecule has 1 aliphatic carbocycles. The Kier molecular flexibility index (Phi) is 4.34. The fraction of sp³-hybridized carbons (Fsp3) is 0.278. The van der Waals surface area contributed by atoms with E-state index in [2.05, 4.69) is 5.32 Å². The highest BCUT2D eigenvalue weighted by Gasteiger charge is 2.33. The average Bonchev–Trinajstić information content (AvgIpc) is 3.38. The molecule has 0 aromatic heterocycles. The summed E-state index contributed by atoms with van der Waals surface area (Å²) < 4.78 is 5.27. The van der Waals surface area contributed by atoms with E-state index in [0.717, 1.165) is 18.4 Å². The van der Waals surface area contributed by atoms with Crippen molar-refractivity contribution in [3.63, 3.8) is 0 Å². The quantitative estimate of drug-likeness (QED) is 0.896. The lowest BCUT2D eigenvalue weighted by molar-refractivity contribution is 0.0928. The van der Waals surface area contributed by atoms with E-state index >= 15 is 0 Å². The van der Waals surface area contributed by atoms with Gasteiger partial charge >= 0.3 is 0 Å². The van der Waals surface area contributed by atoms with Gasteiger partial charge in [0.25, 0.3) is 5.91 Å². The molecule has 0 unspecified atom stereocenters. The summed E-state index contributed by atoms with van der Waals surface area (Å²) >= 11 is 5.95. The Morgan fingerprint density at radius 3 is 2.50 bits per heavy atom. The molecule has 1 fully saturated rings. The molecule has 0 radical (unpaired) electrons. The monoisotopic (exact) mass is 315 g/mol. The van der Waals surface area contributed by atoms with Crippen LogP contribution >= 0.6 is 11.6 Å². The first-order valence-corrected chi connectivity index (χ1v) is 7.76. The van der Waals surface area contributed by atoms with E-state index in [1.165, 1.54) is 0 Å². The van der Waals surface area contributed by atoms with Crippen molar-refractivity contribution >= 4 is 17.5 Å². The topological polar surface area (TPSA) is 38.3 Å². The first kappa shape index (κ1) is 14.9. The van der Waals surface area contributed by atoms with E-state index in [1.807, 2.05) is 36.4 Å². The van der Waals surface area contributed by atoms with Gasteiger partial charge in [-0.25, -0.2) is 0 Å². The molecule has 1 aliphatic rings. The van der Waals surface area contributed by atoms with Crippen molar-refractivity contribution in [2.45, 2.75) is 18.9 Å². The molecule has 1 atom stereocenters. The summed E-state index contributed by atoms with van der Waals surface area (Å²) in [5.74, 6) is 0.981. The lowest BCUT2D eigenvalue weighted by Gasteiger charge is -2.19. The van der Waals surface area contributed by atoms with Crippen molar-refractivity contribution < 1.29 is 9.53 Å². The van der Waals surface area contributed by atoms with Crippen LogP contribution in [0.5, 0.6) is 5.75 Å². The summed E-state index contributed by atoms with van der Waals surface area (Å²) in [5, 5.41) is 3.85. The van der Waals surface area contributed by atoms with Gasteiger partial charge in [0.1, 0.15) is 5.75 Å². The van der Waals surface area contributed by atoms with Crippen LogP contribution in [0.2, 0.25) is 5.02 Å². The van der Waals surface area contributed by atoms with Gasteiger partial charge in [-0.15, -0.1) is 0 Å². The van der Waals surface area contributed by atoms with Crippen molar-refractivity contribution in [2.24, 2.45) is 5.92 Å². The van der Waals surface area contributed by atoms with Gasteiger partial charge in [-0.1, -0.05) is 35.9 Å². The molecule has 0 saturated heterocycles. The largest absolute Gasteiger partial charge is 0.496 e. The minimum atomic E-state index is -0.107. The van der Waals surface area contributed by atoms with E-state index in [4.69, 9.17) is 16.3 Å². The maximum atomic E-state index is 12.6. The van der Waals surface area contributed by atoms with Crippen LogP contribution in [0.25, 0.3) is 0 Å². The smallest absolute Gasteiger partial charge is 0.255 e. The molecular formula is C18H18ClNO2. The van der Waals surface area contributed by atoms with Crippen molar-refractivity contribution in [2.75, 3.05) is 7.11 Å². The second-order valence-electron chi connectivity index (χ2n) is 5.54. The number of carbonyl (C=O) groups excluding carboxylic acids is 1. The molecule has 114 valence electrons. The maximum absolute atomic E-state index is 12.6. The number of halogens is 1. The van der Waals surface area contributed by atoms with Crippen molar-refractivity contribution in [3.8, 4) is 5.75 Å². The SMILES string of the molecule is COc1ccccc1C(=O)N[C@H](c1ccc(Cl)cc1)C1CC1. The lowest BCUT2D eigenvalue weighted by atomic mass is 10.0. The molecule has 1 amide bonds. The molecule has 22 heavy (non-hydrogen) atoms. The number of hydrogen-bond donors (Lipinski definition) is 1. The highest BCUT2D eigenvalue weighted by atomic mass is 35.5. The Hall–Kier alpha value is -2.00. The van der Waals surface area contributed by atoms with Crippen LogP contribution in [0.4, 0.5) is 0 Å². The van der Waals surface area contributed by atoms with Gasteiger partial charge in [-0.2, -0.15) is 0 Å². The van der Waals surface area contributed by atoms with Crippen molar-refractivity contribution in [1.82, 2.24) is 5.32 Å². The molecule has 0 spiro atoms. The summed E-state index contributed by atoms with van der Waals surface area (Å²) in [6, 6.07) is 15.0. The van der Waals surface area contributed by atoms with Crippen LogP contribution in [-0.2, 0) is 0 Å². The van der Waals surface area contributed by atoms with Crippen molar-refractivity contribution in [3.05, 3.63) is 64.7 Å². The van der Waals surface area contributed by atoms with E-state index < -0.39 is 0 Å². The van der Waals surface area contributed by atoms with Crippen LogP contribution in [0.3, 0.4) is 0 Å². The summed E-state index contributed by atoms with van der Waals surface area (Å²) in [7, 11) is 1.57. The Labute approximate surface area is 135 Å². The second-order valence-corrected chi connectivity index (χ2v) is 5.98. The number of para-hydroxylation sites is 1. The van der Waals surface area contributed by atoms with E-state index in [9.17, 15) is 4.79 Å². The third kappa shape index (κ3) is 3.25. The van der Waals surface area contributed by atoms with Crippen LogP contribution in [-0.4, -0.2) is 13.0 Å². The van der Waals surface area contributed by atoms with Gasteiger partial charge in [-0.05, 0) is 48.6 Å². The van der Waals surface area contributed by atoms with Crippen LogP contribution in [0.15, 0.2) is 48.5 Å². The molecule has 0 heterocycles. The average molecular weight is 316 g/mol. The fourth-order valence-electron chi connectivity index (χ4n) is 2.62. The zero-order valence-electron chi connectivity index (χ0n) is 12.4. The third-order valence-corrected chi connectivity index (χ3v) is 4.21. The number of benzene rings is 2. The number of ether oxygens (including phenoxy) is 1. The summed E-state index contributed by atoms with van der Waals surface area (Å²) in [4.78, 5) is 12.6. The minimum Gasteiger partial charge on any atom is -0.496 e. The van der Waals surface area contributed by atoms with Gasteiger partial charge in [0, 0.05) is 5.02 Å². The van der Waals surface area contributed by atoms with Crippen LogP contribution in [0, 0.1) is 5.92 Å². The molecule has 0 bridgehead atoms. The first-order valence-electron chi connectivity index (χ1n) is 7.38.